The molecule has 0 radical (unpaired) electrons. The van der Waals surface area contributed by atoms with Gasteiger partial charge in [-0.05, 0) is 44.8 Å². The number of ether oxygens (including phenoxy) is 3. The largest absolute Gasteiger partial charge is 0.480 e. The van der Waals surface area contributed by atoms with E-state index in [1.54, 1.807) is 6.92 Å². The van der Waals surface area contributed by atoms with Gasteiger partial charge in [-0.15, -0.1) is 0 Å². The fraction of sp³-hybridized carbons (Fsp3) is 0.857. The third-order valence-electron chi connectivity index (χ3n) is 5.41. The average molecular weight is 429 g/mol. The molecule has 0 N–H and O–H groups in total. The number of carbonyl (C=O) groups excluding carboxylic acids is 1. The van der Waals surface area contributed by atoms with Gasteiger partial charge in [-0.25, -0.2) is 14.8 Å². The van der Waals surface area contributed by atoms with E-state index in [1.807, 2.05) is 27.7 Å². The van der Waals surface area contributed by atoms with Gasteiger partial charge in [-0.2, -0.15) is 0 Å². The number of aliphatic imine (C=N–C) groups is 2. The van der Waals surface area contributed by atoms with E-state index < -0.39 is 25.9 Å². The lowest BCUT2D eigenvalue weighted by Gasteiger charge is -2.46. The Morgan fingerprint density at radius 1 is 1.10 bits per heavy atom. The molecule has 7 nitrogen and oxygen atoms in total. The van der Waals surface area contributed by atoms with Gasteiger partial charge < -0.3 is 18.6 Å². The number of nitrogens with zero attached hydrogens (tertiary/aromatic N) is 2. The molecule has 0 spiro atoms. The molecule has 0 amide bonds. The molecule has 29 heavy (non-hydrogen) atoms. The van der Waals surface area contributed by atoms with Gasteiger partial charge in [0.1, 0.15) is 6.54 Å². The maximum absolute atomic E-state index is 13.4. The molecule has 168 valence electrons. The van der Waals surface area contributed by atoms with Crippen molar-refractivity contribution in [3.63, 3.8) is 0 Å². The van der Waals surface area contributed by atoms with Gasteiger partial charge in [0, 0.05) is 0 Å². The molecule has 1 aliphatic rings. The van der Waals surface area contributed by atoms with Crippen LogP contribution in [-0.4, -0.2) is 64.1 Å². The van der Waals surface area contributed by atoms with Crippen molar-refractivity contribution in [2.24, 2.45) is 15.9 Å². The molecule has 0 aromatic carbocycles. The molecule has 0 saturated heterocycles. The fourth-order valence-electron chi connectivity index (χ4n) is 2.95. The van der Waals surface area contributed by atoms with E-state index in [0.29, 0.717) is 19.1 Å². The molecule has 2 atom stereocenters. The minimum absolute atomic E-state index is 0.0380. The molecule has 0 aromatic heterocycles. The van der Waals surface area contributed by atoms with Crippen LogP contribution in [0.3, 0.4) is 0 Å². The first kappa shape index (κ1) is 25.6. The summed E-state index contributed by atoms with van der Waals surface area (Å²) >= 11 is 0. The molecule has 0 aliphatic carbocycles. The summed E-state index contributed by atoms with van der Waals surface area (Å²) in [6.45, 7) is 21.6. The highest BCUT2D eigenvalue weighted by Crippen LogP contribution is 2.41. The van der Waals surface area contributed by atoms with Gasteiger partial charge in [0.25, 0.3) is 5.54 Å². The number of hydrogen-bond acceptors (Lipinski definition) is 7. The predicted octanol–water partition coefficient (Wildman–Crippen LogP) is 4.22. The van der Waals surface area contributed by atoms with Gasteiger partial charge in [0.05, 0.1) is 25.9 Å². The summed E-state index contributed by atoms with van der Waals surface area (Å²) in [7, 11) is -2.25. The second-order valence-corrected chi connectivity index (χ2v) is 13.8. The fourth-order valence-corrected chi connectivity index (χ4v) is 4.38. The van der Waals surface area contributed by atoms with E-state index in [4.69, 9.17) is 23.6 Å². The van der Waals surface area contributed by atoms with Crippen molar-refractivity contribution in [2.45, 2.75) is 85.2 Å². The molecule has 0 unspecified atom stereocenters. The highest BCUT2D eigenvalue weighted by atomic mass is 28.4. The molecule has 0 saturated carbocycles. The van der Waals surface area contributed by atoms with Gasteiger partial charge in [-0.3, -0.25) is 0 Å². The topological polar surface area (TPSA) is 78.7 Å². The predicted molar refractivity (Wildman–Crippen MR) is 119 cm³/mol. The SMILES string of the molecule is CCOC(=O)[C@@]1([C@@H](O[Si](C)(C)C(C)(C)C)C(C)C)N=C(OCC)CN=C1OCC. The summed E-state index contributed by atoms with van der Waals surface area (Å²) in [4.78, 5) is 22.7. The van der Waals surface area contributed by atoms with Crippen LogP contribution in [0.5, 0.6) is 0 Å². The number of carbonyl (C=O) groups is 1. The summed E-state index contributed by atoms with van der Waals surface area (Å²) < 4.78 is 23.8. The zero-order chi connectivity index (χ0) is 22.5. The van der Waals surface area contributed by atoms with Crippen LogP contribution in [0.25, 0.3) is 0 Å². The molecule has 0 bridgehead atoms. The highest BCUT2D eigenvalue weighted by Gasteiger charge is 2.59. The van der Waals surface area contributed by atoms with Crippen LogP contribution < -0.4 is 0 Å². The summed E-state index contributed by atoms with van der Waals surface area (Å²) in [6, 6.07) is 0. The lowest BCUT2D eigenvalue weighted by Crippen LogP contribution is -2.63. The zero-order valence-corrected chi connectivity index (χ0v) is 20.9. The molecule has 0 fully saturated rings. The van der Waals surface area contributed by atoms with Crippen molar-refractivity contribution < 1.29 is 23.4 Å². The molecule has 1 rings (SSSR count). The average Bonchev–Trinajstić information content (AvgIpc) is 2.60. The van der Waals surface area contributed by atoms with Crippen molar-refractivity contribution >= 4 is 26.1 Å². The van der Waals surface area contributed by atoms with Crippen molar-refractivity contribution in [1.29, 1.82) is 0 Å². The Morgan fingerprint density at radius 2 is 1.69 bits per heavy atom. The summed E-state index contributed by atoms with van der Waals surface area (Å²) in [5.41, 5.74) is -1.52. The standard InChI is InChI=1S/C21H40N2O5Si/c1-11-25-16-14-22-18(26-12-2)21(23-16,19(24)27-13-3)17(15(4)5)28-29(9,10)20(6,7)8/h15,17H,11-14H2,1-10H3/t17-,21-/m0/s1. The van der Waals surface area contributed by atoms with Crippen molar-refractivity contribution in [3.05, 3.63) is 0 Å². The molecule has 0 aromatic rings. The van der Waals surface area contributed by atoms with E-state index >= 15 is 0 Å². The van der Waals surface area contributed by atoms with Crippen LogP contribution in [0.4, 0.5) is 0 Å². The molecular weight excluding hydrogens is 388 g/mol. The summed E-state index contributed by atoms with van der Waals surface area (Å²) in [5.74, 6) is 0.0956. The van der Waals surface area contributed by atoms with Gasteiger partial charge in [0.15, 0.2) is 8.32 Å². The number of rotatable bonds is 8. The van der Waals surface area contributed by atoms with Crippen LogP contribution in [0.1, 0.15) is 55.4 Å². The Balaban J connectivity index is 3.68. The Labute approximate surface area is 177 Å². The normalized spacial score (nSPS) is 21.3. The molecule has 1 heterocycles. The maximum Gasteiger partial charge on any atom is 0.346 e. The van der Waals surface area contributed by atoms with E-state index in [1.165, 1.54) is 0 Å². The number of hydrogen-bond donors (Lipinski definition) is 0. The second-order valence-electron chi connectivity index (χ2n) is 9.02. The first-order valence-electron chi connectivity index (χ1n) is 10.6. The second kappa shape index (κ2) is 10.1. The first-order valence-corrected chi connectivity index (χ1v) is 13.5. The van der Waals surface area contributed by atoms with Crippen molar-refractivity contribution in [1.82, 2.24) is 0 Å². The van der Waals surface area contributed by atoms with Gasteiger partial charge in [0.2, 0.25) is 11.8 Å². The van der Waals surface area contributed by atoms with Crippen LogP contribution in [0, 0.1) is 5.92 Å². The quantitative estimate of drug-likeness (QED) is 0.427. The van der Waals surface area contributed by atoms with E-state index in [9.17, 15) is 4.79 Å². The lowest BCUT2D eigenvalue weighted by atomic mass is 9.84. The van der Waals surface area contributed by atoms with E-state index in [2.05, 4.69) is 38.9 Å². The lowest BCUT2D eigenvalue weighted by molar-refractivity contribution is -0.151. The zero-order valence-electron chi connectivity index (χ0n) is 19.9. The molecular formula is C21H40N2O5Si. The monoisotopic (exact) mass is 428 g/mol. The summed E-state index contributed by atoms with van der Waals surface area (Å²) in [6.07, 6.45) is -0.594. The Bertz CT molecular complexity index is 625. The molecule has 8 heteroatoms. The van der Waals surface area contributed by atoms with Crippen LogP contribution in [0.2, 0.25) is 18.1 Å². The third kappa shape index (κ3) is 5.60. The van der Waals surface area contributed by atoms with Gasteiger partial charge >= 0.3 is 5.97 Å². The van der Waals surface area contributed by atoms with E-state index in [-0.39, 0.29) is 30.0 Å². The van der Waals surface area contributed by atoms with Crippen molar-refractivity contribution in [3.8, 4) is 0 Å². The summed E-state index contributed by atoms with van der Waals surface area (Å²) in [5, 5.41) is -0.0416. The minimum Gasteiger partial charge on any atom is -0.480 e. The maximum atomic E-state index is 13.4. The van der Waals surface area contributed by atoms with Crippen LogP contribution in [-0.2, 0) is 23.4 Å². The van der Waals surface area contributed by atoms with Gasteiger partial charge in [-0.1, -0.05) is 34.6 Å². The Hall–Kier alpha value is -1.41. The first-order chi connectivity index (χ1) is 13.4. The Morgan fingerprint density at radius 3 is 2.14 bits per heavy atom. The minimum atomic E-state index is -2.25. The van der Waals surface area contributed by atoms with E-state index in [0.717, 1.165) is 0 Å². The van der Waals surface area contributed by atoms with Crippen molar-refractivity contribution in [2.75, 3.05) is 26.4 Å². The smallest absolute Gasteiger partial charge is 0.346 e. The highest BCUT2D eigenvalue weighted by molar-refractivity contribution is 6.74. The number of esters is 1. The Kier molecular flexibility index (Phi) is 8.89. The molecule has 1 aliphatic heterocycles. The van der Waals surface area contributed by atoms with Crippen LogP contribution >= 0.6 is 0 Å². The third-order valence-corrected chi connectivity index (χ3v) is 9.86. The van der Waals surface area contributed by atoms with Crippen LogP contribution in [0.15, 0.2) is 9.98 Å².